The van der Waals surface area contributed by atoms with Crippen molar-refractivity contribution >= 4 is 40.3 Å². The second-order valence-electron chi connectivity index (χ2n) is 5.62. The molecule has 0 bridgehead atoms. The Morgan fingerprint density at radius 3 is 2.57 bits per heavy atom. The fraction of sp³-hybridized carbons (Fsp3) is 0.278. The molecule has 2 aromatic rings. The van der Waals surface area contributed by atoms with Crippen molar-refractivity contribution in [2.45, 2.75) is 26.7 Å². The van der Waals surface area contributed by atoms with Gasteiger partial charge in [0.1, 0.15) is 5.75 Å². The molecule has 0 amide bonds. The van der Waals surface area contributed by atoms with Crippen molar-refractivity contribution < 1.29 is 4.74 Å². The predicted octanol–water partition coefficient (Wildman–Crippen LogP) is 5.59. The molecule has 122 valence electrons. The van der Waals surface area contributed by atoms with Gasteiger partial charge in [-0.25, -0.2) is 0 Å². The minimum absolute atomic E-state index is 0.404. The van der Waals surface area contributed by atoms with Crippen LogP contribution in [0.5, 0.6) is 5.75 Å². The summed E-state index contributed by atoms with van der Waals surface area (Å²) < 4.78 is 5.33. The fourth-order valence-electron chi connectivity index (χ4n) is 2.39. The predicted molar refractivity (Wildman–Crippen MR) is 103 cm³/mol. The van der Waals surface area contributed by atoms with Crippen molar-refractivity contribution in [2.75, 3.05) is 17.7 Å². The van der Waals surface area contributed by atoms with Crippen molar-refractivity contribution in [3.63, 3.8) is 0 Å². The first-order valence-corrected chi connectivity index (χ1v) is 8.22. The highest BCUT2D eigenvalue weighted by molar-refractivity contribution is 7.80. The fourth-order valence-corrected chi connectivity index (χ4v) is 2.77. The lowest BCUT2D eigenvalue weighted by Crippen LogP contribution is -2.21. The van der Waals surface area contributed by atoms with Crippen molar-refractivity contribution in [1.29, 1.82) is 0 Å². The van der Waals surface area contributed by atoms with Gasteiger partial charge in [0.2, 0.25) is 0 Å². The van der Waals surface area contributed by atoms with E-state index in [1.165, 1.54) is 5.56 Å². The van der Waals surface area contributed by atoms with E-state index in [1.807, 2.05) is 0 Å². The largest absolute Gasteiger partial charge is 0.495 e. The van der Waals surface area contributed by atoms with Crippen LogP contribution in [0.3, 0.4) is 0 Å². The summed E-state index contributed by atoms with van der Waals surface area (Å²) in [5.74, 6) is 1.09. The minimum atomic E-state index is 0.404. The smallest absolute Gasteiger partial charge is 0.175 e. The first-order valence-electron chi connectivity index (χ1n) is 7.43. The summed E-state index contributed by atoms with van der Waals surface area (Å²) in [6.07, 6.45) is 0. The van der Waals surface area contributed by atoms with Gasteiger partial charge in [0.25, 0.3) is 0 Å². The van der Waals surface area contributed by atoms with Crippen LogP contribution in [-0.4, -0.2) is 12.2 Å². The Bertz CT molecular complexity index is 716. The summed E-state index contributed by atoms with van der Waals surface area (Å²) >= 11 is 11.5. The van der Waals surface area contributed by atoms with Crippen LogP contribution in [0.4, 0.5) is 11.4 Å². The van der Waals surface area contributed by atoms with Crippen molar-refractivity contribution in [3.8, 4) is 5.75 Å². The van der Waals surface area contributed by atoms with Crippen molar-refractivity contribution in [1.82, 2.24) is 0 Å². The van der Waals surface area contributed by atoms with Gasteiger partial charge >= 0.3 is 0 Å². The third-order valence-corrected chi connectivity index (χ3v) is 4.01. The van der Waals surface area contributed by atoms with Crippen LogP contribution in [0.25, 0.3) is 0 Å². The summed E-state index contributed by atoms with van der Waals surface area (Å²) in [5.41, 5.74) is 4.16. The zero-order chi connectivity index (χ0) is 17.0. The van der Waals surface area contributed by atoms with Gasteiger partial charge in [0, 0.05) is 10.7 Å². The molecule has 0 aliphatic carbocycles. The molecule has 0 radical (unpaired) electrons. The molecule has 0 heterocycles. The number of hydrogen-bond donors (Lipinski definition) is 2. The van der Waals surface area contributed by atoms with E-state index in [-0.39, 0.29) is 0 Å². The number of ether oxygens (including phenoxy) is 1. The van der Waals surface area contributed by atoms with E-state index in [0.717, 1.165) is 16.9 Å². The second kappa shape index (κ2) is 7.66. The Labute approximate surface area is 148 Å². The average Bonchev–Trinajstić information content (AvgIpc) is 2.49. The Balaban J connectivity index is 2.23. The number of aryl methyl sites for hydroxylation is 1. The lowest BCUT2D eigenvalue weighted by molar-refractivity contribution is 0.417. The van der Waals surface area contributed by atoms with Gasteiger partial charge in [-0.15, -0.1) is 0 Å². The molecule has 2 rings (SSSR count). The maximum absolute atomic E-state index is 6.05. The molecule has 2 N–H and O–H groups in total. The molecule has 0 saturated heterocycles. The van der Waals surface area contributed by atoms with E-state index in [4.69, 9.17) is 28.6 Å². The second-order valence-corrected chi connectivity index (χ2v) is 6.46. The van der Waals surface area contributed by atoms with Crippen LogP contribution >= 0.6 is 23.8 Å². The molecule has 0 aliphatic rings. The van der Waals surface area contributed by atoms with Crippen LogP contribution in [0.15, 0.2) is 36.4 Å². The molecule has 3 nitrogen and oxygen atoms in total. The molecule has 5 heteroatoms. The van der Waals surface area contributed by atoms with Gasteiger partial charge in [-0.05, 0) is 54.4 Å². The summed E-state index contributed by atoms with van der Waals surface area (Å²) in [4.78, 5) is 0. The van der Waals surface area contributed by atoms with E-state index >= 15 is 0 Å². The molecular formula is C18H21ClN2OS. The Hall–Kier alpha value is -1.78. The number of anilines is 2. The summed E-state index contributed by atoms with van der Waals surface area (Å²) in [5, 5.41) is 7.58. The zero-order valence-corrected chi connectivity index (χ0v) is 15.3. The Morgan fingerprint density at radius 1 is 1.17 bits per heavy atom. The topological polar surface area (TPSA) is 33.3 Å². The van der Waals surface area contributed by atoms with E-state index < -0.39 is 0 Å². The van der Waals surface area contributed by atoms with Gasteiger partial charge < -0.3 is 15.4 Å². The number of halogens is 1. The third kappa shape index (κ3) is 4.36. The number of methoxy groups -OCH3 is 1. The molecule has 0 aliphatic heterocycles. The molecule has 0 unspecified atom stereocenters. The average molecular weight is 349 g/mol. The zero-order valence-electron chi connectivity index (χ0n) is 13.7. The first kappa shape index (κ1) is 17.6. The van der Waals surface area contributed by atoms with Crippen LogP contribution in [0, 0.1) is 6.92 Å². The summed E-state index contributed by atoms with van der Waals surface area (Å²) in [6, 6.07) is 11.6. The van der Waals surface area contributed by atoms with Gasteiger partial charge in [-0.2, -0.15) is 0 Å². The van der Waals surface area contributed by atoms with E-state index in [2.05, 4.69) is 49.6 Å². The van der Waals surface area contributed by atoms with Gasteiger partial charge in [0.15, 0.2) is 5.11 Å². The number of para-hydroxylation sites is 1. The molecule has 2 aromatic carbocycles. The van der Waals surface area contributed by atoms with E-state index in [0.29, 0.717) is 21.8 Å². The molecule has 0 atom stereocenters. The van der Waals surface area contributed by atoms with Gasteiger partial charge in [-0.3, -0.25) is 0 Å². The van der Waals surface area contributed by atoms with Crippen LogP contribution in [0.1, 0.15) is 30.9 Å². The monoisotopic (exact) mass is 348 g/mol. The highest BCUT2D eigenvalue weighted by Gasteiger charge is 2.12. The molecule has 0 spiro atoms. The first-order chi connectivity index (χ1) is 10.9. The highest BCUT2D eigenvalue weighted by Crippen LogP contribution is 2.30. The SMILES string of the molecule is COc1ccc(Cl)cc1NC(=S)Nc1c(C)cccc1C(C)C. The number of hydrogen-bond acceptors (Lipinski definition) is 2. The maximum atomic E-state index is 6.05. The summed E-state index contributed by atoms with van der Waals surface area (Å²) in [7, 11) is 1.61. The highest BCUT2D eigenvalue weighted by atomic mass is 35.5. The number of thiocarbonyl (C=S) groups is 1. The lowest BCUT2D eigenvalue weighted by Gasteiger charge is -2.19. The molecule has 0 fully saturated rings. The summed E-state index contributed by atoms with van der Waals surface area (Å²) in [6.45, 7) is 6.39. The normalized spacial score (nSPS) is 10.5. The number of benzene rings is 2. The maximum Gasteiger partial charge on any atom is 0.175 e. The molecule has 23 heavy (non-hydrogen) atoms. The molecule has 0 saturated carbocycles. The quantitative estimate of drug-likeness (QED) is 0.706. The van der Waals surface area contributed by atoms with E-state index in [1.54, 1.807) is 25.3 Å². The number of nitrogens with one attached hydrogen (secondary N) is 2. The number of rotatable bonds is 4. The molecular weight excluding hydrogens is 328 g/mol. The van der Waals surface area contributed by atoms with Crippen LogP contribution in [0.2, 0.25) is 5.02 Å². The minimum Gasteiger partial charge on any atom is -0.495 e. The standard InChI is InChI=1S/C18H21ClN2OS/c1-11(2)14-7-5-6-12(3)17(14)21-18(23)20-15-10-13(19)8-9-16(15)22-4/h5-11H,1-4H3,(H2,20,21,23). The Morgan fingerprint density at radius 2 is 1.91 bits per heavy atom. The molecule has 0 aromatic heterocycles. The lowest BCUT2D eigenvalue weighted by atomic mass is 9.98. The van der Waals surface area contributed by atoms with Gasteiger partial charge in [-0.1, -0.05) is 43.6 Å². The Kier molecular flexibility index (Phi) is 5.85. The van der Waals surface area contributed by atoms with Gasteiger partial charge in [0.05, 0.1) is 12.8 Å². The van der Waals surface area contributed by atoms with Crippen molar-refractivity contribution in [3.05, 3.63) is 52.5 Å². The van der Waals surface area contributed by atoms with Crippen LogP contribution in [-0.2, 0) is 0 Å². The van der Waals surface area contributed by atoms with Crippen LogP contribution < -0.4 is 15.4 Å². The third-order valence-electron chi connectivity index (χ3n) is 3.58. The van der Waals surface area contributed by atoms with E-state index in [9.17, 15) is 0 Å². The van der Waals surface area contributed by atoms with Crippen molar-refractivity contribution in [2.24, 2.45) is 0 Å².